The second kappa shape index (κ2) is 6.98. The van der Waals surface area contributed by atoms with E-state index in [1.807, 2.05) is 25.1 Å². The molecule has 2 rings (SSSR count). The SMILES string of the molecule is CCN(Cc1ccc(OC)c(OC)c1)C(=O)c1cc(C)on1. The molecule has 0 aliphatic carbocycles. The molecule has 1 aromatic heterocycles. The van der Waals surface area contributed by atoms with Crippen molar-refractivity contribution >= 4 is 5.91 Å². The number of methoxy groups -OCH3 is 2. The summed E-state index contributed by atoms with van der Waals surface area (Å²) in [6, 6.07) is 7.24. The highest BCUT2D eigenvalue weighted by atomic mass is 16.5. The molecule has 1 heterocycles. The fourth-order valence-corrected chi connectivity index (χ4v) is 2.16. The predicted octanol–water partition coefficient (Wildman–Crippen LogP) is 2.66. The number of rotatable bonds is 6. The van der Waals surface area contributed by atoms with Crippen molar-refractivity contribution in [1.29, 1.82) is 0 Å². The lowest BCUT2D eigenvalue weighted by atomic mass is 10.1. The zero-order chi connectivity index (χ0) is 16.1. The molecule has 0 aliphatic rings. The Balaban J connectivity index is 2.18. The number of carbonyl (C=O) groups is 1. The topological polar surface area (TPSA) is 64.8 Å². The molecule has 0 bridgehead atoms. The molecular weight excluding hydrogens is 284 g/mol. The maximum absolute atomic E-state index is 12.4. The van der Waals surface area contributed by atoms with Crippen LogP contribution in [0.3, 0.4) is 0 Å². The predicted molar refractivity (Wildman–Crippen MR) is 81.2 cm³/mol. The van der Waals surface area contributed by atoms with E-state index in [1.54, 1.807) is 32.1 Å². The van der Waals surface area contributed by atoms with E-state index in [4.69, 9.17) is 14.0 Å². The summed E-state index contributed by atoms with van der Waals surface area (Å²) in [5.41, 5.74) is 1.27. The number of nitrogens with zero attached hydrogens (tertiary/aromatic N) is 2. The van der Waals surface area contributed by atoms with Crippen molar-refractivity contribution in [3.05, 3.63) is 41.3 Å². The molecule has 0 saturated heterocycles. The normalized spacial score (nSPS) is 10.4. The Morgan fingerprint density at radius 1 is 1.23 bits per heavy atom. The number of amides is 1. The molecule has 0 spiro atoms. The third-order valence-electron chi connectivity index (χ3n) is 3.34. The largest absolute Gasteiger partial charge is 0.493 e. The van der Waals surface area contributed by atoms with Gasteiger partial charge in [0.2, 0.25) is 0 Å². The molecule has 0 radical (unpaired) electrons. The van der Waals surface area contributed by atoms with Gasteiger partial charge in [-0.05, 0) is 31.5 Å². The molecule has 0 aliphatic heterocycles. The summed E-state index contributed by atoms with van der Waals surface area (Å²) < 4.78 is 15.5. The Bertz CT molecular complexity index is 651. The van der Waals surface area contributed by atoms with Gasteiger partial charge in [-0.15, -0.1) is 0 Å². The number of carbonyl (C=O) groups excluding carboxylic acids is 1. The maximum atomic E-state index is 12.4. The number of aromatic nitrogens is 1. The standard InChI is InChI=1S/C16H20N2O4/c1-5-18(16(19)13-8-11(2)22-17-13)10-12-6-7-14(20-3)15(9-12)21-4/h6-9H,5,10H2,1-4H3. The Morgan fingerprint density at radius 3 is 2.50 bits per heavy atom. The summed E-state index contributed by atoms with van der Waals surface area (Å²) >= 11 is 0. The minimum atomic E-state index is -0.158. The second-order valence-electron chi connectivity index (χ2n) is 4.83. The second-order valence-corrected chi connectivity index (χ2v) is 4.83. The highest BCUT2D eigenvalue weighted by Crippen LogP contribution is 2.28. The van der Waals surface area contributed by atoms with Crippen LogP contribution in [0.1, 0.15) is 28.7 Å². The molecule has 0 atom stereocenters. The molecule has 22 heavy (non-hydrogen) atoms. The van der Waals surface area contributed by atoms with Gasteiger partial charge in [-0.1, -0.05) is 11.2 Å². The van der Waals surface area contributed by atoms with Gasteiger partial charge in [-0.3, -0.25) is 4.79 Å². The summed E-state index contributed by atoms with van der Waals surface area (Å²) in [4.78, 5) is 14.1. The maximum Gasteiger partial charge on any atom is 0.276 e. The summed E-state index contributed by atoms with van der Waals surface area (Å²) in [5.74, 6) is 1.76. The first-order valence-corrected chi connectivity index (χ1v) is 7.02. The fraction of sp³-hybridized carbons (Fsp3) is 0.375. The van der Waals surface area contributed by atoms with Crippen molar-refractivity contribution in [2.24, 2.45) is 0 Å². The van der Waals surface area contributed by atoms with E-state index in [2.05, 4.69) is 5.16 Å². The quantitative estimate of drug-likeness (QED) is 0.821. The monoisotopic (exact) mass is 304 g/mol. The van der Waals surface area contributed by atoms with Gasteiger partial charge in [-0.2, -0.15) is 0 Å². The first-order valence-electron chi connectivity index (χ1n) is 7.02. The van der Waals surface area contributed by atoms with Crippen molar-refractivity contribution < 1.29 is 18.8 Å². The Labute approximate surface area is 129 Å². The van der Waals surface area contributed by atoms with Crippen molar-refractivity contribution in [3.63, 3.8) is 0 Å². The van der Waals surface area contributed by atoms with Crippen LogP contribution in [-0.4, -0.2) is 36.7 Å². The summed E-state index contributed by atoms with van der Waals surface area (Å²) in [7, 11) is 3.18. The van der Waals surface area contributed by atoms with Crippen molar-refractivity contribution in [2.45, 2.75) is 20.4 Å². The lowest BCUT2D eigenvalue weighted by Gasteiger charge is -2.20. The molecule has 0 saturated carbocycles. The Hall–Kier alpha value is -2.50. The van der Waals surface area contributed by atoms with Crippen LogP contribution in [0.4, 0.5) is 0 Å². The zero-order valence-corrected chi connectivity index (χ0v) is 13.3. The minimum absolute atomic E-state index is 0.158. The molecule has 2 aromatic rings. The molecular formula is C16H20N2O4. The lowest BCUT2D eigenvalue weighted by Crippen LogP contribution is -2.30. The van der Waals surface area contributed by atoms with Crippen molar-refractivity contribution in [1.82, 2.24) is 10.1 Å². The minimum Gasteiger partial charge on any atom is -0.493 e. The summed E-state index contributed by atoms with van der Waals surface area (Å²) in [6.07, 6.45) is 0. The van der Waals surface area contributed by atoms with Crippen LogP contribution in [-0.2, 0) is 6.54 Å². The highest BCUT2D eigenvalue weighted by Gasteiger charge is 2.18. The van der Waals surface area contributed by atoms with Crippen LogP contribution in [0.2, 0.25) is 0 Å². The van der Waals surface area contributed by atoms with E-state index in [1.165, 1.54) is 0 Å². The van der Waals surface area contributed by atoms with E-state index in [-0.39, 0.29) is 5.91 Å². The van der Waals surface area contributed by atoms with E-state index < -0.39 is 0 Å². The lowest BCUT2D eigenvalue weighted by molar-refractivity contribution is 0.0742. The zero-order valence-electron chi connectivity index (χ0n) is 13.3. The van der Waals surface area contributed by atoms with Gasteiger partial charge in [0, 0.05) is 19.2 Å². The van der Waals surface area contributed by atoms with Crippen molar-refractivity contribution in [3.8, 4) is 11.5 Å². The number of ether oxygens (including phenoxy) is 2. The van der Waals surface area contributed by atoms with Gasteiger partial charge in [-0.25, -0.2) is 0 Å². The number of hydrogen-bond donors (Lipinski definition) is 0. The number of aryl methyl sites for hydroxylation is 1. The molecule has 6 nitrogen and oxygen atoms in total. The number of benzene rings is 1. The van der Waals surface area contributed by atoms with Crippen LogP contribution >= 0.6 is 0 Å². The van der Waals surface area contributed by atoms with Gasteiger partial charge in [0.1, 0.15) is 5.76 Å². The number of hydrogen-bond acceptors (Lipinski definition) is 5. The molecule has 0 fully saturated rings. The van der Waals surface area contributed by atoms with Gasteiger partial charge in [0.25, 0.3) is 5.91 Å². The van der Waals surface area contributed by atoms with E-state index in [0.717, 1.165) is 5.56 Å². The smallest absolute Gasteiger partial charge is 0.276 e. The van der Waals surface area contributed by atoms with Gasteiger partial charge < -0.3 is 18.9 Å². The average Bonchev–Trinajstić information content (AvgIpc) is 2.98. The van der Waals surface area contributed by atoms with E-state index in [0.29, 0.717) is 36.0 Å². The first-order chi connectivity index (χ1) is 10.6. The summed E-state index contributed by atoms with van der Waals surface area (Å²) in [6.45, 7) is 4.71. The Kier molecular flexibility index (Phi) is 5.04. The van der Waals surface area contributed by atoms with Crippen LogP contribution in [0.25, 0.3) is 0 Å². The van der Waals surface area contributed by atoms with Crippen LogP contribution in [0, 0.1) is 6.92 Å². The molecule has 6 heteroatoms. The van der Waals surface area contributed by atoms with E-state index in [9.17, 15) is 4.79 Å². The van der Waals surface area contributed by atoms with Crippen LogP contribution < -0.4 is 9.47 Å². The highest BCUT2D eigenvalue weighted by molar-refractivity contribution is 5.92. The van der Waals surface area contributed by atoms with E-state index >= 15 is 0 Å². The van der Waals surface area contributed by atoms with Gasteiger partial charge in [0.15, 0.2) is 17.2 Å². The molecule has 0 N–H and O–H groups in total. The van der Waals surface area contributed by atoms with Crippen LogP contribution in [0.5, 0.6) is 11.5 Å². The molecule has 1 aromatic carbocycles. The molecule has 0 unspecified atom stereocenters. The summed E-state index contributed by atoms with van der Waals surface area (Å²) in [5, 5.41) is 3.78. The average molecular weight is 304 g/mol. The van der Waals surface area contributed by atoms with Crippen molar-refractivity contribution in [2.75, 3.05) is 20.8 Å². The Morgan fingerprint density at radius 2 is 1.95 bits per heavy atom. The van der Waals surface area contributed by atoms with Gasteiger partial charge >= 0.3 is 0 Å². The molecule has 118 valence electrons. The third kappa shape index (κ3) is 3.39. The van der Waals surface area contributed by atoms with Gasteiger partial charge in [0.05, 0.1) is 14.2 Å². The fourth-order valence-electron chi connectivity index (χ4n) is 2.16. The third-order valence-corrected chi connectivity index (χ3v) is 3.34. The molecule has 1 amide bonds. The van der Waals surface area contributed by atoms with Crippen LogP contribution in [0.15, 0.2) is 28.8 Å². The first kappa shape index (κ1) is 15.9.